The fourth-order valence-electron chi connectivity index (χ4n) is 2.18. The van der Waals surface area contributed by atoms with E-state index < -0.39 is 5.60 Å². The Balaban J connectivity index is 2.38. The van der Waals surface area contributed by atoms with Gasteiger partial charge in [0, 0.05) is 0 Å². The minimum atomic E-state index is -0.989. The number of aliphatic hydroxyl groups is 1. The lowest BCUT2D eigenvalue weighted by Crippen LogP contribution is -2.22. The van der Waals surface area contributed by atoms with Gasteiger partial charge in [0.1, 0.15) is 11.4 Å². The lowest BCUT2D eigenvalue weighted by Gasteiger charge is -2.25. The molecule has 2 heteroatoms. The third-order valence-corrected chi connectivity index (χ3v) is 3.55. The molecule has 0 amide bonds. The number of methoxy groups -OCH3 is 1. The molecule has 0 heterocycles. The molecule has 0 bridgehead atoms. The molecule has 2 aromatic rings. The zero-order chi connectivity index (χ0) is 13.9. The molecule has 19 heavy (non-hydrogen) atoms. The van der Waals surface area contributed by atoms with E-state index in [9.17, 15) is 5.11 Å². The number of ether oxygens (including phenoxy) is 1. The minimum absolute atomic E-state index is 0.793. The third-order valence-electron chi connectivity index (χ3n) is 3.55. The van der Waals surface area contributed by atoms with Gasteiger partial charge in [-0.2, -0.15) is 0 Å². The Morgan fingerprint density at radius 2 is 1.74 bits per heavy atom. The van der Waals surface area contributed by atoms with Gasteiger partial charge in [0.15, 0.2) is 0 Å². The Morgan fingerprint density at radius 1 is 1.05 bits per heavy atom. The molecule has 2 rings (SSSR count). The average molecular weight is 256 g/mol. The Morgan fingerprint density at radius 3 is 2.32 bits per heavy atom. The maximum atomic E-state index is 10.8. The van der Waals surface area contributed by atoms with Crippen LogP contribution in [0.1, 0.15) is 30.5 Å². The predicted octanol–water partition coefficient (Wildman–Crippen LogP) is 3.51. The summed E-state index contributed by atoms with van der Waals surface area (Å²) in [6.07, 6.45) is 0.965. The SMILES string of the molecule is CCc1cccc(C(C)(O)c2ccc(OC)cc2)c1. The van der Waals surface area contributed by atoms with Crippen molar-refractivity contribution in [3.05, 3.63) is 65.2 Å². The van der Waals surface area contributed by atoms with E-state index in [1.807, 2.05) is 43.3 Å². The van der Waals surface area contributed by atoms with Crippen LogP contribution in [-0.2, 0) is 12.0 Å². The van der Waals surface area contributed by atoms with Crippen molar-refractivity contribution in [3.8, 4) is 5.75 Å². The van der Waals surface area contributed by atoms with E-state index in [-0.39, 0.29) is 0 Å². The van der Waals surface area contributed by atoms with E-state index >= 15 is 0 Å². The normalized spacial score (nSPS) is 13.9. The highest BCUT2D eigenvalue weighted by Gasteiger charge is 2.25. The molecule has 100 valence electrons. The molecule has 0 saturated heterocycles. The van der Waals surface area contributed by atoms with E-state index in [1.165, 1.54) is 5.56 Å². The second-order valence-corrected chi connectivity index (χ2v) is 4.85. The van der Waals surface area contributed by atoms with Crippen LogP contribution in [0.15, 0.2) is 48.5 Å². The average Bonchev–Trinajstić information content (AvgIpc) is 2.47. The van der Waals surface area contributed by atoms with Crippen molar-refractivity contribution in [2.45, 2.75) is 25.9 Å². The molecule has 2 aromatic carbocycles. The highest BCUT2D eigenvalue weighted by Crippen LogP contribution is 2.30. The van der Waals surface area contributed by atoms with Gasteiger partial charge in [-0.15, -0.1) is 0 Å². The molecule has 0 aliphatic carbocycles. The van der Waals surface area contributed by atoms with Crippen LogP contribution in [-0.4, -0.2) is 12.2 Å². The van der Waals surface area contributed by atoms with Crippen molar-refractivity contribution in [3.63, 3.8) is 0 Å². The first-order valence-corrected chi connectivity index (χ1v) is 6.54. The smallest absolute Gasteiger partial charge is 0.118 e. The summed E-state index contributed by atoms with van der Waals surface area (Å²) in [4.78, 5) is 0. The van der Waals surface area contributed by atoms with Gasteiger partial charge >= 0.3 is 0 Å². The molecule has 0 spiro atoms. The molecule has 1 N–H and O–H groups in total. The number of hydrogen-bond donors (Lipinski definition) is 1. The molecule has 0 aliphatic rings. The van der Waals surface area contributed by atoms with Crippen LogP contribution in [0.25, 0.3) is 0 Å². The second-order valence-electron chi connectivity index (χ2n) is 4.85. The monoisotopic (exact) mass is 256 g/mol. The van der Waals surface area contributed by atoms with Gasteiger partial charge < -0.3 is 9.84 Å². The van der Waals surface area contributed by atoms with Crippen LogP contribution in [0.3, 0.4) is 0 Å². The predicted molar refractivity (Wildman–Crippen MR) is 77.5 cm³/mol. The number of benzene rings is 2. The fourth-order valence-corrected chi connectivity index (χ4v) is 2.18. The van der Waals surface area contributed by atoms with Gasteiger partial charge in [0.2, 0.25) is 0 Å². The van der Waals surface area contributed by atoms with Crippen molar-refractivity contribution >= 4 is 0 Å². The molecular weight excluding hydrogens is 236 g/mol. The van der Waals surface area contributed by atoms with Gasteiger partial charge in [-0.1, -0.05) is 43.3 Å². The maximum Gasteiger partial charge on any atom is 0.118 e. The Hall–Kier alpha value is -1.80. The summed E-state index contributed by atoms with van der Waals surface area (Å²) in [5, 5.41) is 10.8. The largest absolute Gasteiger partial charge is 0.497 e. The van der Waals surface area contributed by atoms with Crippen molar-refractivity contribution in [2.24, 2.45) is 0 Å². The number of rotatable bonds is 4. The molecule has 0 aromatic heterocycles. The molecule has 0 saturated carbocycles. The van der Waals surface area contributed by atoms with Gasteiger partial charge in [-0.3, -0.25) is 0 Å². The summed E-state index contributed by atoms with van der Waals surface area (Å²) < 4.78 is 5.14. The number of hydrogen-bond acceptors (Lipinski definition) is 2. The Labute approximate surface area is 114 Å². The topological polar surface area (TPSA) is 29.5 Å². The van der Waals surface area contributed by atoms with Crippen LogP contribution in [0.5, 0.6) is 5.75 Å². The molecule has 0 fully saturated rings. The summed E-state index contributed by atoms with van der Waals surface area (Å²) in [5.74, 6) is 0.793. The summed E-state index contributed by atoms with van der Waals surface area (Å²) >= 11 is 0. The second kappa shape index (κ2) is 5.45. The van der Waals surface area contributed by atoms with Crippen molar-refractivity contribution in [2.75, 3.05) is 7.11 Å². The molecular formula is C17H20O2. The van der Waals surface area contributed by atoms with E-state index in [1.54, 1.807) is 7.11 Å². The first-order chi connectivity index (χ1) is 9.07. The van der Waals surface area contributed by atoms with E-state index in [4.69, 9.17) is 4.74 Å². The fraction of sp³-hybridized carbons (Fsp3) is 0.294. The zero-order valence-electron chi connectivity index (χ0n) is 11.7. The van der Waals surface area contributed by atoms with Crippen LogP contribution in [0.4, 0.5) is 0 Å². The van der Waals surface area contributed by atoms with E-state index in [0.717, 1.165) is 23.3 Å². The molecule has 0 aliphatic heterocycles. The van der Waals surface area contributed by atoms with E-state index in [2.05, 4.69) is 19.1 Å². The quantitative estimate of drug-likeness (QED) is 0.907. The lowest BCUT2D eigenvalue weighted by molar-refractivity contribution is 0.102. The van der Waals surface area contributed by atoms with Crippen molar-refractivity contribution in [1.29, 1.82) is 0 Å². The van der Waals surface area contributed by atoms with Gasteiger partial charge in [-0.25, -0.2) is 0 Å². The standard InChI is InChI=1S/C17H20O2/c1-4-13-6-5-7-15(12-13)17(2,18)14-8-10-16(19-3)11-9-14/h5-12,18H,4H2,1-3H3. The van der Waals surface area contributed by atoms with Crippen molar-refractivity contribution in [1.82, 2.24) is 0 Å². The Bertz CT molecular complexity index is 541. The summed E-state index contributed by atoms with van der Waals surface area (Å²) in [7, 11) is 1.64. The highest BCUT2D eigenvalue weighted by atomic mass is 16.5. The van der Waals surface area contributed by atoms with Crippen LogP contribution in [0.2, 0.25) is 0 Å². The number of aryl methyl sites for hydroxylation is 1. The van der Waals surface area contributed by atoms with Crippen LogP contribution in [0, 0.1) is 0 Å². The van der Waals surface area contributed by atoms with Crippen LogP contribution >= 0.6 is 0 Å². The molecule has 1 atom stereocenters. The summed E-state index contributed by atoms with van der Waals surface area (Å²) in [6, 6.07) is 15.6. The third kappa shape index (κ3) is 2.79. The minimum Gasteiger partial charge on any atom is -0.497 e. The molecule has 1 unspecified atom stereocenters. The lowest BCUT2D eigenvalue weighted by atomic mass is 9.87. The van der Waals surface area contributed by atoms with Crippen molar-refractivity contribution < 1.29 is 9.84 Å². The zero-order valence-corrected chi connectivity index (χ0v) is 11.7. The van der Waals surface area contributed by atoms with Gasteiger partial charge in [0.25, 0.3) is 0 Å². The first-order valence-electron chi connectivity index (χ1n) is 6.54. The summed E-state index contributed by atoms with van der Waals surface area (Å²) in [5.41, 5.74) is 2.02. The van der Waals surface area contributed by atoms with Crippen LogP contribution < -0.4 is 4.74 Å². The van der Waals surface area contributed by atoms with Gasteiger partial charge in [-0.05, 0) is 42.2 Å². The summed E-state index contributed by atoms with van der Waals surface area (Å²) in [6.45, 7) is 3.94. The first kappa shape index (κ1) is 13.6. The highest BCUT2D eigenvalue weighted by molar-refractivity contribution is 5.39. The van der Waals surface area contributed by atoms with Gasteiger partial charge in [0.05, 0.1) is 7.11 Å². The molecule has 2 nitrogen and oxygen atoms in total. The van der Waals surface area contributed by atoms with E-state index in [0.29, 0.717) is 0 Å². The molecule has 0 radical (unpaired) electrons. The maximum absolute atomic E-state index is 10.8. The Kier molecular flexibility index (Phi) is 3.91.